The zero-order valence-corrected chi connectivity index (χ0v) is 16.9. The van der Waals surface area contributed by atoms with Crippen molar-refractivity contribution in [2.75, 3.05) is 5.32 Å². The molecule has 0 saturated heterocycles. The van der Waals surface area contributed by atoms with Crippen molar-refractivity contribution in [1.29, 1.82) is 0 Å². The number of hydrogen-bond acceptors (Lipinski definition) is 5. The smallest absolute Gasteiger partial charge is 0.255 e. The van der Waals surface area contributed by atoms with Crippen LogP contribution in [0.5, 0.6) is 0 Å². The van der Waals surface area contributed by atoms with Crippen LogP contribution in [0.4, 0.5) is 5.82 Å². The molecule has 1 aliphatic carbocycles. The molecule has 28 heavy (non-hydrogen) atoms. The molecule has 142 valence electrons. The number of carbonyl (C=O) groups is 2. The summed E-state index contributed by atoms with van der Waals surface area (Å²) in [4.78, 5) is 34.4. The number of aromatic nitrogens is 2. The lowest BCUT2D eigenvalue weighted by Gasteiger charge is -2.34. The highest BCUT2D eigenvalue weighted by Crippen LogP contribution is 2.42. The van der Waals surface area contributed by atoms with Gasteiger partial charge in [0.05, 0.1) is 0 Å². The first-order valence-electron chi connectivity index (χ1n) is 9.11. The minimum Gasteiger partial charge on any atom is -0.362 e. The number of allylic oxidation sites excluding steroid dienone is 3. The molecule has 2 aromatic heterocycles. The van der Waals surface area contributed by atoms with E-state index in [9.17, 15) is 9.59 Å². The van der Waals surface area contributed by atoms with E-state index in [1.807, 2.05) is 25.1 Å². The largest absolute Gasteiger partial charge is 0.362 e. The first-order valence-corrected chi connectivity index (χ1v) is 9.90. The van der Waals surface area contributed by atoms with Crippen LogP contribution >= 0.6 is 15.9 Å². The highest BCUT2D eigenvalue weighted by molar-refractivity contribution is 9.10. The van der Waals surface area contributed by atoms with Crippen molar-refractivity contribution in [1.82, 2.24) is 15.3 Å². The number of rotatable bonds is 3. The maximum atomic E-state index is 13.2. The van der Waals surface area contributed by atoms with Gasteiger partial charge in [0.25, 0.3) is 5.91 Å². The molecule has 0 radical (unpaired) electrons. The van der Waals surface area contributed by atoms with Crippen molar-refractivity contribution in [2.24, 2.45) is 0 Å². The Bertz CT molecular complexity index is 997. The molecule has 0 bridgehead atoms. The van der Waals surface area contributed by atoms with Gasteiger partial charge in [0.1, 0.15) is 5.82 Å². The molecular formula is C21H19BrN4O2. The van der Waals surface area contributed by atoms with Gasteiger partial charge in [-0.2, -0.15) is 0 Å². The normalized spacial score (nSPS) is 19.2. The molecule has 2 aromatic rings. The summed E-state index contributed by atoms with van der Waals surface area (Å²) in [7, 11) is 0. The number of dihydropyridines is 1. The quantitative estimate of drug-likeness (QED) is 0.759. The molecule has 2 N–H and O–H groups in total. The van der Waals surface area contributed by atoms with E-state index >= 15 is 0 Å². The average molecular weight is 439 g/mol. The van der Waals surface area contributed by atoms with Crippen LogP contribution in [0.25, 0.3) is 0 Å². The average Bonchev–Trinajstić information content (AvgIpc) is 2.69. The molecule has 0 unspecified atom stereocenters. The van der Waals surface area contributed by atoms with Crippen molar-refractivity contribution in [3.8, 4) is 0 Å². The van der Waals surface area contributed by atoms with Crippen LogP contribution in [0.2, 0.25) is 0 Å². The lowest BCUT2D eigenvalue weighted by atomic mass is 9.75. The van der Waals surface area contributed by atoms with Gasteiger partial charge in [-0.25, -0.2) is 4.98 Å². The molecule has 1 amide bonds. The summed E-state index contributed by atoms with van der Waals surface area (Å²) < 4.78 is 0.830. The van der Waals surface area contributed by atoms with Gasteiger partial charge in [0, 0.05) is 57.9 Å². The first kappa shape index (κ1) is 18.6. The lowest BCUT2D eigenvalue weighted by Crippen LogP contribution is -2.35. The lowest BCUT2D eigenvalue weighted by molar-refractivity contribution is -0.116. The van der Waals surface area contributed by atoms with E-state index in [-0.39, 0.29) is 11.7 Å². The number of amides is 1. The molecule has 0 saturated carbocycles. The monoisotopic (exact) mass is 438 g/mol. The Labute approximate surface area is 171 Å². The number of ketones is 1. The van der Waals surface area contributed by atoms with E-state index in [1.54, 1.807) is 24.7 Å². The van der Waals surface area contributed by atoms with Crippen LogP contribution < -0.4 is 10.6 Å². The zero-order valence-electron chi connectivity index (χ0n) is 15.3. The highest BCUT2D eigenvalue weighted by atomic mass is 79.9. The molecular weight excluding hydrogens is 420 g/mol. The Kier molecular flexibility index (Phi) is 5.09. The second kappa shape index (κ2) is 7.67. The van der Waals surface area contributed by atoms with Crippen LogP contribution in [0, 0.1) is 0 Å². The van der Waals surface area contributed by atoms with Gasteiger partial charge in [0.2, 0.25) is 0 Å². The van der Waals surface area contributed by atoms with Crippen molar-refractivity contribution < 1.29 is 9.59 Å². The van der Waals surface area contributed by atoms with Gasteiger partial charge < -0.3 is 10.6 Å². The fraction of sp³-hybridized carbons (Fsp3) is 0.238. The third-order valence-corrected chi connectivity index (χ3v) is 5.48. The fourth-order valence-electron chi connectivity index (χ4n) is 3.80. The molecule has 0 spiro atoms. The van der Waals surface area contributed by atoms with Gasteiger partial charge in [0.15, 0.2) is 5.78 Å². The van der Waals surface area contributed by atoms with Gasteiger partial charge >= 0.3 is 0 Å². The SMILES string of the molecule is CC1=C(C(=O)Nc2ccc(Br)cn2)[C@H](c2cccnc2)C2=C(CCCC2=O)N1. The number of nitrogens with one attached hydrogen (secondary N) is 2. The van der Waals surface area contributed by atoms with Gasteiger partial charge in [-0.1, -0.05) is 6.07 Å². The predicted octanol–water partition coefficient (Wildman–Crippen LogP) is 3.85. The number of pyridine rings is 2. The van der Waals surface area contributed by atoms with Crippen LogP contribution in [0.3, 0.4) is 0 Å². The summed E-state index contributed by atoms with van der Waals surface area (Å²) in [6.45, 7) is 1.87. The molecule has 7 heteroatoms. The standard InChI is InChI=1S/C21H19BrN4O2/c1-12-18(21(28)26-17-8-7-14(22)11-24-17)19(13-4-3-9-23-10-13)20-15(25-12)5-2-6-16(20)27/h3-4,7-11,19,25H,2,5-6H2,1H3,(H,24,26,28)/t19-/m0/s1. The highest BCUT2D eigenvalue weighted by Gasteiger charge is 2.38. The number of halogens is 1. The van der Waals surface area contributed by atoms with Gasteiger partial charge in [-0.3, -0.25) is 14.6 Å². The first-order chi connectivity index (χ1) is 13.5. The van der Waals surface area contributed by atoms with Crippen LogP contribution in [0.1, 0.15) is 37.7 Å². The number of carbonyl (C=O) groups excluding carboxylic acids is 2. The maximum absolute atomic E-state index is 13.2. The predicted molar refractivity (Wildman–Crippen MR) is 109 cm³/mol. The zero-order chi connectivity index (χ0) is 19.7. The molecule has 3 heterocycles. The Morgan fingerprint density at radius 1 is 1.25 bits per heavy atom. The second-order valence-corrected chi connectivity index (χ2v) is 7.78. The molecule has 2 aliphatic rings. The van der Waals surface area contributed by atoms with Crippen molar-refractivity contribution >= 4 is 33.4 Å². The van der Waals surface area contributed by atoms with Gasteiger partial charge in [-0.15, -0.1) is 0 Å². The third kappa shape index (κ3) is 3.49. The van der Waals surface area contributed by atoms with Crippen molar-refractivity contribution in [2.45, 2.75) is 32.1 Å². The van der Waals surface area contributed by atoms with Gasteiger partial charge in [-0.05, 0) is 59.5 Å². The topological polar surface area (TPSA) is 84.0 Å². The fourth-order valence-corrected chi connectivity index (χ4v) is 4.03. The third-order valence-electron chi connectivity index (χ3n) is 5.01. The summed E-state index contributed by atoms with van der Waals surface area (Å²) in [6.07, 6.45) is 7.16. The number of anilines is 1. The molecule has 1 atom stereocenters. The Morgan fingerprint density at radius 3 is 2.82 bits per heavy atom. The summed E-state index contributed by atoms with van der Waals surface area (Å²) in [5, 5.41) is 6.16. The van der Waals surface area contributed by atoms with E-state index in [1.165, 1.54) is 0 Å². The number of hydrogen-bond donors (Lipinski definition) is 2. The Balaban J connectivity index is 1.76. The number of Topliss-reactive ketones (excluding diaryl/α,β-unsaturated/α-hetero) is 1. The van der Waals surface area contributed by atoms with Crippen molar-refractivity contribution in [3.05, 3.63) is 75.4 Å². The van der Waals surface area contributed by atoms with Crippen LogP contribution in [-0.2, 0) is 9.59 Å². The van der Waals surface area contributed by atoms with Crippen molar-refractivity contribution in [3.63, 3.8) is 0 Å². The van der Waals surface area contributed by atoms with E-state index < -0.39 is 5.92 Å². The number of nitrogens with zero attached hydrogens (tertiary/aromatic N) is 2. The van der Waals surface area contributed by atoms with Crippen LogP contribution in [-0.4, -0.2) is 21.7 Å². The minimum atomic E-state index is -0.437. The van der Waals surface area contributed by atoms with Crippen LogP contribution in [0.15, 0.2) is 69.9 Å². The maximum Gasteiger partial charge on any atom is 0.255 e. The molecule has 6 nitrogen and oxygen atoms in total. The van der Waals surface area contributed by atoms with E-state index in [4.69, 9.17) is 0 Å². The van der Waals surface area contributed by atoms with E-state index in [0.717, 1.165) is 34.3 Å². The second-order valence-electron chi connectivity index (χ2n) is 6.87. The minimum absolute atomic E-state index is 0.0853. The summed E-state index contributed by atoms with van der Waals surface area (Å²) >= 11 is 3.34. The van der Waals surface area contributed by atoms with E-state index in [0.29, 0.717) is 23.4 Å². The Morgan fingerprint density at radius 2 is 2.11 bits per heavy atom. The molecule has 0 aromatic carbocycles. The van der Waals surface area contributed by atoms with E-state index in [2.05, 4.69) is 36.5 Å². The summed E-state index contributed by atoms with van der Waals surface area (Å²) in [5.74, 6) is -0.179. The summed E-state index contributed by atoms with van der Waals surface area (Å²) in [6, 6.07) is 7.27. The molecule has 0 fully saturated rings. The molecule has 1 aliphatic heterocycles. The summed E-state index contributed by atoms with van der Waals surface area (Å²) in [5.41, 5.74) is 3.70. The Hall–Kier alpha value is -2.80. The molecule has 4 rings (SSSR count).